The van der Waals surface area contributed by atoms with Crippen LogP contribution in [-0.2, 0) is 0 Å². The maximum Gasteiger partial charge on any atom is 0.306 e. The molecule has 0 bridgehead atoms. The molecule has 0 spiro atoms. The number of nitrogens with one attached hydrogen (secondary N) is 1. The molecule has 0 aliphatic carbocycles. The molecule has 0 saturated heterocycles. The molecule has 3 heterocycles. The van der Waals surface area contributed by atoms with Crippen LogP contribution < -0.4 is 5.32 Å². The van der Waals surface area contributed by atoms with Gasteiger partial charge in [-0.05, 0) is 44.2 Å². The van der Waals surface area contributed by atoms with Gasteiger partial charge in [-0.1, -0.05) is 0 Å². The quantitative estimate of drug-likeness (QED) is 0.559. The Morgan fingerprint density at radius 3 is 2.74 bits per heavy atom. The molecule has 0 aliphatic rings. The van der Waals surface area contributed by atoms with E-state index in [1.165, 1.54) is 18.4 Å². The van der Waals surface area contributed by atoms with Crippen molar-refractivity contribution in [3.8, 4) is 22.6 Å². The van der Waals surface area contributed by atoms with Gasteiger partial charge in [0.05, 0.1) is 17.8 Å². The molecule has 0 amide bonds. The highest BCUT2D eigenvalue weighted by atomic mass is 19.1. The smallest absolute Gasteiger partial charge is 0.306 e. The van der Waals surface area contributed by atoms with Crippen LogP contribution in [0.25, 0.3) is 28.5 Å². The first kappa shape index (κ1) is 17.2. The number of fused-ring (bicyclic) bond motifs is 1. The lowest BCUT2D eigenvalue weighted by atomic mass is 10.1. The van der Waals surface area contributed by atoms with E-state index in [1.807, 2.05) is 13.8 Å². The third-order valence-corrected chi connectivity index (χ3v) is 4.12. The van der Waals surface area contributed by atoms with Crippen molar-refractivity contribution in [2.24, 2.45) is 0 Å². The van der Waals surface area contributed by atoms with Crippen LogP contribution in [0.3, 0.4) is 0 Å². The first-order valence-corrected chi connectivity index (χ1v) is 8.41. The summed E-state index contributed by atoms with van der Waals surface area (Å²) in [4.78, 5) is 13.3. The number of aromatic nitrogens is 4. The number of benzene rings is 1. The highest BCUT2D eigenvalue weighted by molar-refractivity contribution is 5.79. The van der Waals surface area contributed by atoms with Gasteiger partial charge in [0.1, 0.15) is 23.5 Å². The summed E-state index contributed by atoms with van der Waals surface area (Å²) in [7, 11) is 0. The minimum absolute atomic E-state index is 0. The molecular formula is C19H20FN5O2. The van der Waals surface area contributed by atoms with Crippen LogP contribution >= 0.6 is 0 Å². The monoisotopic (exact) mass is 369 g/mol. The highest BCUT2D eigenvalue weighted by Crippen LogP contribution is 2.32. The van der Waals surface area contributed by atoms with Crippen molar-refractivity contribution < 1.29 is 15.3 Å². The van der Waals surface area contributed by atoms with Gasteiger partial charge in [0, 0.05) is 19.4 Å². The Kier molecular flexibility index (Phi) is 4.12. The van der Waals surface area contributed by atoms with E-state index in [0.29, 0.717) is 28.9 Å². The number of imidazole rings is 1. The van der Waals surface area contributed by atoms with Crippen molar-refractivity contribution in [2.45, 2.75) is 19.4 Å². The van der Waals surface area contributed by atoms with E-state index in [9.17, 15) is 9.50 Å². The molecule has 0 aliphatic heterocycles. The molecule has 0 fully saturated rings. The molecule has 2 N–H and O–H groups in total. The summed E-state index contributed by atoms with van der Waals surface area (Å²) in [6.45, 7) is 3.63. The zero-order valence-electron chi connectivity index (χ0n) is 14.8. The zero-order chi connectivity index (χ0) is 19.0. The Hall–Kier alpha value is -3.26. The van der Waals surface area contributed by atoms with Crippen molar-refractivity contribution in [3.05, 3.63) is 54.8 Å². The second-order valence-corrected chi connectivity index (χ2v) is 6.80. The predicted octanol–water partition coefficient (Wildman–Crippen LogP) is 3.62. The van der Waals surface area contributed by atoms with Crippen LogP contribution in [0.5, 0.6) is 0 Å². The van der Waals surface area contributed by atoms with Crippen LogP contribution in [-0.4, -0.2) is 36.6 Å². The van der Waals surface area contributed by atoms with Gasteiger partial charge in [-0.25, -0.2) is 14.4 Å². The van der Waals surface area contributed by atoms with Crippen molar-refractivity contribution >= 4 is 11.8 Å². The maximum atomic E-state index is 13.3. The Bertz CT molecular complexity index is 1090. The maximum absolute atomic E-state index is 13.3. The summed E-state index contributed by atoms with van der Waals surface area (Å²) in [5, 5.41) is 12.6. The number of anilines is 1. The standard InChI is InChI=1S/C19H18FN5O2.H2/c1-19(2,11-26)24-17-21-8-7-14(22-17)16-15(12-3-5-13(20)6-4-12)23-18-25(16)9-10-27-18;/h3-10,26H,11H2,1-2H3,(H,21,22,24);1H. The third kappa shape index (κ3) is 3.26. The predicted molar refractivity (Wildman–Crippen MR) is 101 cm³/mol. The molecule has 0 atom stereocenters. The number of nitrogens with zero attached hydrogens (tertiary/aromatic N) is 4. The van der Waals surface area contributed by atoms with Crippen LogP contribution in [0.1, 0.15) is 15.3 Å². The van der Waals surface area contributed by atoms with E-state index in [4.69, 9.17) is 4.42 Å². The number of rotatable bonds is 5. The summed E-state index contributed by atoms with van der Waals surface area (Å²) < 4.78 is 20.5. The fourth-order valence-electron chi connectivity index (χ4n) is 2.73. The minimum atomic E-state index is -0.569. The summed E-state index contributed by atoms with van der Waals surface area (Å²) in [5.41, 5.74) is 2.13. The van der Waals surface area contributed by atoms with Crippen molar-refractivity contribution in [3.63, 3.8) is 0 Å². The van der Waals surface area contributed by atoms with Crippen molar-refractivity contribution in [1.29, 1.82) is 0 Å². The molecular weight excluding hydrogens is 349 g/mol. The third-order valence-electron chi connectivity index (χ3n) is 4.12. The number of hydrogen-bond acceptors (Lipinski definition) is 6. The first-order valence-electron chi connectivity index (χ1n) is 8.41. The molecule has 7 nitrogen and oxygen atoms in total. The normalized spacial score (nSPS) is 11.9. The van der Waals surface area contributed by atoms with Crippen LogP contribution in [0.2, 0.25) is 0 Å². The van der Waals surface area contributed by atoms with Gasteiger partial charge in [-0.2, -0.15) is 4.98 Å². The number of oxazole rings is 1. The van der Waals surface area contributed by atoms with Gasteiger partial charge in [-0.3, -0.25) is 4.40 Å². The number of halogens is 1. The SMILES string of the molecule is CC(C)(CO)Nc1nccc(-c2c(-c3ccc(F)cc3)nc3occn23)n1.[HH]. The Balaban J connectivity index is 0.00000225. The number of aliphatic hydroxyl groups is 1. The first-order chi connectivity index (χ1) is 13.0. The fourth-order valence-corrected chi connectivity index (χ4v) is 2.73. The van der Waals surface area contributed by atoms with Crippen molar-refractivity contribution in [1.82, 2.24) is 19.4 Å². The van der Waals surface area contributed by atoms with E-state index in [-0.39, 0.29) is 13.9 Å². The van der Waals surface area contributed by atoms with E-state index >= 15 is 0 Å². The fraction of sp³-hybridized carbons (Fsp3) is 0.211. The van der Waals surface area contributed by atoms with E-state index in [2.05, 4.69) is 20.3 Å². The van der Waals surface area contributed by atoms with E-state index in [0.717, 1.165) is 5.56 Å². The highest BCUT2D eigenvalue weighted by Gasteiger charge is 2.21. The molecule has 4 aromatic rings. The Morgan fingerprint density at radius 2 is 2.00 bits per heavy atom. The van der Waals surface area contributed by atoms with Gasteiger partial charge in [-0.15, -0.1) is 0 Å². The van der Waals surface area contributed by atoms with Gasteiger partial charge >= 0.3 is 5.84 Å². The lowest BCUT2D eigenvalue weighted by molar-refractivity contribution is 0.233. The molecule has 140 valence electrons. The van der Waals surface area contributed by atoms with E-state index < -0.39 is 5.54 Å². The molecule has 0 unspecified atom stereocenters. The summed E-state index contributed by atoms with van der Waals surface area (Å²) >= 11 is 0. The Morgan fingerprint density at radius 1 is 1.22 bits per heavy atom. The van der Waals surface area contributed by atoms with Gasteiger partial charge in [0.15, 0.2) is 0 Å². The molecule has 3 aromatic heterocycles. The summed E-state index contributed by atoms with van der Waals surface area (Å²) in [5.74, 6) is 0.478. The van der Waals surface area contributed by atoms with Gasteiger partial charge in [0.25, 0.3) is 0 Å². The molecule has 0 radical (unpaired) electrons. The topological polar surface area (TPSA) is 88.5 Å². The second-order valence-electron chi connectivity index (χ2n) is 6.80. The number of aliphatic hydroxyl groups excluding tert-OH is 1. The van der Waals surface area contributed by atoms with Gasteiger partial charge in [0.2, 0.25) is 5.95 Å². The lowest BCUT2D eigenvalue weighted by Gasteiger charge is -2.23. The summed E-state index contributed by atoms with van der Waals surface area (Å²) in [6.07, 6.45) is 4.92. The van der Waals surface area contributed by atoms with Gasteiger partial charge < -0.3 is 14.8 Å². The average Bonchev–Trinajstić information content (AvgIpc) is 3.23. The molecule has 8 heteroatoms. The number of hydrogen-bond donors (Lipinski definition) is 2. The molecule has 0 saturated carbocycles. The second kappa shape index (κ2) is 6.48. The molecule has 4 rings (SSSR count). The molecule has 27 heavy (non-hydrogen) atoms. The van der Waals surface area contributed by atoms with Crippen LogP contribution in [0.4, 0.5) is 10.3 Å². The van der Waals surface area contributed by atoms with Crippen LogP contribution in [0.15, 0.2) is 53.4 Å². The largest absolute Gasteiger partial charge is 0.432 e. The van der Waals surface area contributed by atoms with Crippen LogP contribution in [0, 0.1) is 5.82 Å². The average molecular weight is 369 g/mol. The van der Waals surface area contributed by atoms with E-state index in [1.54, 1.807) is 35.0 Å². The van der Waals surface area contributed by atoms with Crippen molar-refractivity contribution in [2.75, 3.05) is 11.9 Å². The summed E-state index contributed by atoms with van der Waals surface area (Å²) in [6, 6.07) is 7.86. The minimum Gasteiger partial charge on any atom is -0.432 e. The molecule has 1 aromatic carbocycles. The zero-order valence-corrected chi connectivity index (χ0v) is 14.8. The Labute approximate surface area is 156 Å². The lowest BCUT2D eigenvalue weighted by Crippen LogP contribution is -2.35.